The van der Waals surface area contributed by atoms with E-state index in [1.54, 1.807) is 35.4 Å². The van der Waals surface area contributed by atoms with Crippen molar-refractivity contribution in [2.24, 2.45) is 0 Å². The Kier molecular flexibility index (Phi) is 4.11. The molecule has 1 aromatic carbocycles. The Balaban J connectivity index is 2.13. The lowest BCUT2D eigenvalue weighted by Crippen LogP contribution is -1.99. The fourth-order valence-electron chi connectivity index (χ4n) is 1.55. The van der Waals surface area contributed by atoms with Crippen molar-refractivity contribution in [3.8, 4) is 11.8 Å². The van der Waals surface area contributed by atoms with Crippen LogP contribution in [0.25, 0.3) is 0 Å². The summed E-state index contributed by atoms with van der Waals surface area (Å²) in [5.74, 6) is 5.29. The van der Waals surface area contributed by atoms with Crippen LogP contribution < -0.4 is 0 Å². The van der Waals surface area contributed by atoms with Crippen molar-refractivity contribution in [1.82, 2.24) is 9.55 Å². The summed E-state index contributed by atoms with van der Waals surface area (Å²) in [4.78, 5) is 3.91. The summed E-state index contributed by atoms with van der Waals surface area (Å²) in [5.41, 5.74) is 1.22. The Labute approximate surface area is 105 Å². The van der Waals surface area contributed by atoms with Gasteiger partial charge in [-0.05, 0) is 12.1 Å². The highest BCUT2D eigenvalue weighted by Gasteiger charge is 2.03. The van der Waals surface area contributed by atoms with Crippen molar-refractivity contribution >= 4 is 0 Å². The lowest BCUT2D eigenvalue weighted by molar-refractivity contribution is 0.305. The van der Waals surface area contributed by atoms with Gasteiger partial charge in [0.15, 0.2) is 0 Å². The Morgan fingerprint density at radius 2 is 2.28 bits per heavy atom. The van der Waals surface area contributed by atoms with Crippen LogP contribution in [0.3, 0.4) is 0 Å². The molecule has 18 heavy (non-hydrogen) atoms. The van der Waals surface area contributed by atoms with Crippen LogP contribution in [0.2, 0.25) is 0 Å². The molecule has 0 aliphatic carbocycles. The summed E-state index contributed by atoms with van der Waals surface area (Å²) in [6, 6.07) is 4.91. The van der Waals surface area contributed by atoms with E-state index in [2.05, 4.69) is 16.8 Å². The molecule has 1 heterocycles. The predicted octanol–water partition coefficient (Wildman–Crippen LogP) is 1.80. The summed E-state index contributed by atoms with van der Waals surface area (Å²) in [6.07, 6.45) is 5.49. The summed E-state index contributed by atoms with van der Waals surface area (Å²) in [5, 5.41) is 8.60. The van der Waals surface area contributed by atoms with Crippen LogP contribution in [0.4, 0.5) is 4.39 Å². The molecule has 2 aromatic rings. The number of hydrogen-bond donors (Lipinski definition) is 1. The first-order valence-corrected chi connectivity index (χ1v) is 5.63. The molecule has 0 radical (unpaired) electrons. The number of aliphatic hydroxyl groups is 1. The third-order valence-corrected chi connectivity index (χ3v) is 2.43. The highest BCUT2D eigenvalue weighted by Crippen LogP contribution is 2.11. The lowest BCUT2D eigenvalue weighted by atomic mass is 10.1. The SMILES string of the molecule is OCCC#Cc1ccc(Cn2ccnc2)c(F)c1. The molecule has 0 amide bonds. The molecule has 0 atom stereocenters. The van der Waals surface area contributed by atoms with Crippen molar-refractivity contribution in [1.29, 1.82) is 0 Å². The Hall–Kier alpha value is -2.12. The maximum atomic E-state index is 13.8. The number of aromatic nitrogens is 2. The first-order valence-electron chi connectivity index (χ1n) is 5.63. The van der Waals surface area contributed by atoms with E-state index in [1.807, 2.05) is 0 Å². The van der Waals surface area contributed by atoms with Gasteiger partial charge in [0.1, 0.15) is 5.82 Å². The topological polar surface area (TPSA) is 38.0 Å². The van der Waals surface area contributed by atoms with Gasteiger partial charge in [-0.15, -0.1) is 0 Å². The standard InChI is InChI=1S/C14H13FN2O/c15-14-9-12(3-1-2-8-18)4-5-13(14)10-17-7-6-16-11-17/h4-7,9,11,18H,2,8,10H2. The molecule has 0 spiro atoms. The van der Waals surface area contributed by atoms with Crippen LogP contribution >= 0.6 is 0 Å². The van der Waals surface area contributed by atoms with Gasteiger partial charge < -0.3 is 9.67 Å². The molecule has 0 bridgehead atoms. The molecule has 3 nitrogen and oxygen atoms in total. The van der Waals surface area contributed by atoms with Gasteiger partial charge in [0.25, 0.3) is 0 Å². The third kappa shape index (κ3) is 3.19. The van der Waals surface area contributed by atoms with E-state index in [1.165, 1.54) is 6.07 Å². The van der Waals surface area contributed by atoms with Crippen molar-refractivity contribution in [2.75, 3.05) is 6.61 Å². The quantitative estimate of drug-likeness (QED) is 0.836. The molecule has 0 aliphatic rings. The molecule has 0 unspecified atom stereocenters. The van der Waals surface area contributed by atoms with Gasteiger partial charge in [-0.1, -0.05) is 17.9 Å². The fourth-order valence-corrected chi connectivity index (χ4v) is 1.55. The summed E-state index contributed by atoms with van der Waals surface area (Å²) in [7, 11) is 0. The van der Waals surface area contributed by atoms with Gasteiger partial charge in [-0.25, -0.2) is 9.37 Å². The number of rotatable bonds is 3. The zero-order valence-electron chi connectivity index (χ0n) is 9.81. The number of aliphatic hydroxyl groups excluding tert-OH is 1. The van der Waals surface area contributed by atoms with E-state index in [-0.39, 0.29) is 12.4 Å². The Morgan fingerprint density at radius 3 is 2.94 bits per heavy atom. The lowest BCUT2D eigenvalue weighted by Gasteiger charge is -2.04. The second-order valence-electron chi connectivity index (χ2n) is 3.82. The maximum absolute atomic E-state index is 13.8. The average molecular weight is 244 g/mol. The highest BCUT2D eigenvalue weighted by molar-refractivity contribution is 5.37. The Bertz CT molecular complexity index is 567. The van der Waals surface area contributed by atoms with E-state index >= 15 is 0 Å². The molecule has 0 saturated carbocycles. The largest absolute Gasteiger partial charge is 0.395 e. The van der Waals surface area contributed by atoms with Crippen LogP contribution in [0.1, 0.15) is 17.5 Å². The summed E-state index contributed by atoms with van der Waals surface area (Å²) >= 11 is 0. The first-order chi connectivity index (χ1) is 8.79. The number of imidazole rings is 1. The highest BCUT2D eigenvalue weighted by atomic mass is 19.1. The monoisotopic (exact) mass is 244 g/mol. The summed E-state index contributed by atoms with van der Waals surface area (Å²) < 4.78 is 15.6. The van der Waals surface area contributed by atoms with Crippen LogP contribution in [0.5, 0.6) is 0 Å². The zero-order valence-corrected chi connectivity index (χ0v) is 9.81. The molecular formula is C14H13FN2O. The van der Waals surface area contributed by atoms with Gasteiger partial charge in [0.2, 0.25) is 0 Å². The first kappa shape index (κ1) is 12.3. The van der Waals surface area contributed by atoms with E-state index in [0.717, 1.165) is 0 Å². The average Bonchev–Trinajstić information content (AvgIpc) is 2.86. The zero-order chi connectivity index (χ0) is 12.8. The van der Waals surface area contributed by atoms with E-state index in [4.69, 9.17) is 5.11 Å². The molecule has 0 fully saturated rings. The number of nitrogens with zero attached hydrogens (tertiary/aromatic N) is 2. The molecule has 0 saturated heterocycles. The van der Waals surface area contributed by atoms with Crippen molar-refractivity contribution in [3.05, 3.63) is 53.9 Å². The molecular weight excluding hydrogens is 231 g/mol. The minimum atomic E-state index is -0.278. The minimum Gasteiger partial charge on any atom is -0.395 e. The van der Waals surface area contributed by atoms with E-state index in [9.17, 15) is 4.39 Å². The van der Waals surface area contributed by atoms with Crippen molar-refractivity contribution < 1.29 is 9.50 Å². The molecule has 92 valence electrons. The van der Waals surface area contributed by atoms with E-state index in [0.29, 0.717) is 24.1 Å². The normalized spacial score (nSPS) is 9.89. The minimum absolute atomic E-state index is 0.0220. The molecule has 1 aromatic heterocycles. The molecule has 1 N–H and O–H groups in total. The predicted molar refractivity (Wildman–Crippen MR) is 66.3 cm³/mol. The van der Waals surface area contributed by atoms with Crippen LogP contribution in [0.15, 0.2) is 36.9 Å². The van der Waals surface area contributed by atoms with Gasteiger partial charge >= 0.3 is 0 Å². The second kappa shape index (κ2) is 5.99. The number of hydrogen-bond acceptors (Lipinski definition) is 2. The van der Waals surface area contributed by atoms with Crippen LogP contribution in [-0.4, -0.2) is 21.3 Å². The molecule has 2 rings (SSSR count). The summed E-state index contributed by atoms with van der Waals surface area (Å²) in [6.45, 7) is 0.477. The Morgan fingerprint density at radius 1 is 1.39 bits per heavy atom. The number of benzene rings is 1. The van der Waals surface area contributed by atoms with Crippen LogP contribution in [0, 0.1) is 17.7 Å². The van der Waals surface area contributed by atoms with Gasteiger partial charge in [-0.2, -0.15) is 0 Å². The number of halogens is 1. The van der Waals surface area contributed by atoms with Gasteiger partial charge in [-0.3, -0.25) is 0 Å². The fraction of sp³-hybridized carbons (Fsp3) is 0.214. The van der Waals surface area contributed by atoms with Gasteiger partial charge in [0, 0.05) is 29.9 Å². The second-order valence-corrected chi connectivity index (χ2v) is 3.82. The molecule has 4 heteroatoms. The smallest absolute Gasteiger partial charge is 0.129 e. The van der Waals surface area contributed by atoms with Crippen molar-refractivity contribution in [2.45, 2.75) is 13.0 Å². The molecule has 0 aliphatic heterocycles. The van der Waals surface area contributed by atoms with E-state index < -0.39 is 0 Å². The van der Waals surface area contributed by atoms with Crippen molar-refractivity contribution in [3.63, 3.8) is 0 Å². The van der Waals surface area contributed by atoms with Gasteiger partial charge in [0.05, 0.1) is 19.5 Å². The third-order valence-electron chi connectivity index (χ3n) is 2.43. The van der Waals surface area contributed by atoms with Crippen LogP contribution in [-0.2, 0) is 6.54 Å². The maximum Gasteiger partial charge on any atom is 0.129 e.